The number of ether oxygens (including phenoxy) is 1. The van der Waals surface area contributed by atoms with Crippen LogP contribution in [0.3, 0.4) is 0 Å². The van der Waals surface area contributed by atoms with Crippen LogP contribution < -0.4 is 4.74 Å². The number of hydrogen-bond donors (Lipinski definition) is 0. The summed E-state index contributed by atoms with van der Waals surface area (Å²) in [4.78, 5) is 4.28. The third kappa shape index (κ3) is 3.51. The second-order valence-corrected chi connectivity index (χ2v) is 5.58. The molecule has 2 rings (SSSR count). The van der Waals surface area contributed by atoms with E-state index in [1.165, 1.54) is 0 Å². The van der Waals surface area contributed by atoms with Gasteiger partial charge in [0, 0.05) is 35.9 Å². The largest absolute Gasteiger partial charge is 0.493 e. The fourth-order valence-electron chi connectivity index (χ4n) is 1.99. The molecule has 1 heterocycles. The van der Waals surface area contributed by atoms with Crippen LogP contribution in [-0.4, -0.2) is 16.2 Å². The van der Waals surface area contributed by atoms with Gasteiger partial charge in [0.15, 0.2) is 0 Å². The Hall–Kier alpha value is -1.00. The number of imidazole rings is 1. The highest BCUT2D eigenvalue weighted by atomic mass is 79.9. The molecule has 2 aromatic rings. The highest BCUT2D eigenvalue weighted by molar-refractivity contribution is 9.10. The van der Waals surface area contributed by atoms with Crippen molar-refractivity contribution in [3.8, 4) is 5.75 Å². The smallest absolute Gasteiger partial charge is 0.126 e. The molecule has 1 aromatic carbocycles. The monoisotopic (exact) mass is 342 g/mol. The van der Waals surface area contributed by atoms with Gasteiger partial charge in [0.25, 0.3) is 0 Å². The standard InChI is InChI=1S/C14H16BrClN2O/c1-10-7-12(15)8-11(9-16)14(10)19-6-3-13-17-4-5-18(13)2/h4-5,7-8H,3,6,9H2,1-2H3. The molecule has 0 fully saturated rings. The van der Waals surface area contributed by atoms with E-state index in [1.54, 1.807) is 6.20 Å². The number of benzene rings is 1. The summed E-state index contributed by atoms with van der Waals surface area (Å²) >= 11 is 9.43. The molecular weight excluding hydrogens is 328 g/mol. The Morgan fingerprint density at radius 3 is 2.84 bits per heavy atom. The fourth-order valence-corrected chi connectivity index (χ4v) is 2.81. The molecule has 0 spiro atoms. The molecule has 0 unspecified atom stereocenters. The maximum Gasteiger partial charge on any atom is 0.126 e. The SMILES string of the molecule is Cc1cc(Br)cc(CCl)c1OCCc1nccn1C. The van der Waals surface area contributed by atoms with Crippen LogP contribution in [-0.2, 0) is 19.3 Å². The van der Waals surface area contributed by atoms with Crippen LogP contribution in [0, 0.1) is 6.92 Å². The first-order valence-electron chi connectivity index (χ1n) is 6.06. The molecule has 0 atom stereocenters. The molecule has 0 aliphatic heterocycles. The first-order valence-corrected chi connectivity index (χ1v) is 7.38. The van der Waals surface area contributed by atoms with E-state index in [1.807, 2.05) is 36.9 Å². The number of hydrogen-bond acceptors (Lipinski definition) is 2. The molecule has 0 saturated heterocycles. The van der Waals surface area contributed by atoms with Crippen LogP contribution in [0.4, 0.5) is 0 Å². The maximum absolute atomic E-state index is 5.96. The molecule has 0 radical (unpaired) electrons. The van der Waals surface area contributed by atoms with Crippen molar-refractivity contribution in [2.75, 3.05) is 6.61 Å². The molecule has 102 valence electrons. The number of aromatic nitrogens is 2. The third-order valence-electron chi connectivity index (χ3n) is 2.95. The summed E-state index contributed by atoms with van der Waals surface area (Å²) < 4.78 is 8.91. The highest BCUT2D eigenvalue weighted by Crippen LogP contribution is 2.29. The Balaban J connectivity index is 2.05. The highest BCUT2D eigenvalue weighted by Gasteiger charge is 2.09. The summed E-state index contributed by atoms with van der Waals surface area (Å²) in [6.45, 7) is 2.62. The van der Waals surface area contributed by atoms with Gasteiger partial charge < -0.3 is 9.30 Å². The lowest BCUT2D eigenvalue weighted by molar-refractivity contribution is 0.313. The van der Waals surface area contributed by atoms with Crippen molar-refractivity contribution in [2.24, 2.45) is 7.05 Å². The van der Waals surface area contributed by atoms with E-state index in [2.05, 4.69) is 20.9 Å². The van der Waals surface area contributed by atoms with Crippen LogP contribution in [0.25, 0.3) is 0 Å². The number of nitrogens with zero attached hydrogens (tertiary/aromatic N) is 2. The van der Waals surface area contributed by atoms with Crippen LogP contribution in [0.5, 0.6) is 5.75 Å². The van der Waals surface area contributed by atoms with Gasteiger partial charge in [-0.05, 0) is 24.6 Å². The van der Waals surface area contributed by atoms with Crippen molar-refractivity contribution in [3.05, 3.63) is 46.0 Å². The number of alkyl halides is 1. The van der Waals surface area contributed by atoms with Gasteiger partial charge in [-0.25, -0.2) is 4.98 Å². The van der Waals surface area contributed by atoms with Crippen molar-refractivity contribution < 1.29 is 4.74 Å². The Morgan fingerprint density at radius 2 is 2.21 bits per heavy atom. The van der Waals surface area contributed by atoms with E-state index < -0.39 is 0 Å². The zero-order valence-corrected chi connectivity index (χ0v) is 13.3. The van der Waals surface area contributed by atoms with E-state index in [0.717, 1.165) is 33.6 Å². The Morgan fingerprint density at radius 1 is 1.42 bits per heavy atom. The van der Waals surface area contributed by atoms with E-state index in [9.17, 15) is 0 Å². The van der Waals surface area contributed by atoms with E-state index >= 15 is 0 Å². The molecule has 0 amide bonds. The number of aryl methyl sites for hydroxylation is 2. The maximum atomic E-state index is 5.96. The summed E-state index contributed by atoms with van der Waals surface area (Å²) in [6.07, 6.45) is 4.51. The minimum Gasteiger partial charge on any atom is -0.493 e. The van der Waals surface area contributed by atoms with Crippen molar-refractivity contribution in [2.45, 2.75) is 19.2 Å². The predicted octanol–water partition coefficient (Wildman–Crippen LogP) is 3.85. The normalized spacial score (nSPS) is 10.7. The second-order valence-electron chi connectivity index (χ2n) is 4.40. The van der Waals surface area contributed by atoms with Gasteiger partial charge in [0.05, 0.1) is 12.5 Å². The Kier molecular flexibility index (Phi) is 4.88. The van der Waals surface area contributed by atoms with Gasteiger partial charge in [-0.15, -0.1) is 11.6 Å². The third-order valence-corrected chi connectivity index (χ3v) is 3.70. The lowest BCUT2D eigenvalue weighted by Gasteiger charge is -2.13. The van der Waals surface area contributed by atoms with E-state index in [4.69, 9.17) is 16.3 Å². The predicted molar refractivity (Wildman–Crippen MR) is 80.8 cm³/mol. The van der Waals surface area contributed by atoms with Crippen LogP contribution in [0.1, 0.15) is 17.0 Å². The van der Waals surface area contributed by atoms with E-state index in [0.29, 0.717) is 12.5 Å². The molecule has 3 nitrogen and oxygen atoms in total. The van der Waals surface area contributed by atoms with Crippen LogP contribution >= 0.6 is 27.5 Å². The first-order chi connectivity index (χ1) is 9.11. The average Bonchev–Trinajstić information content (AvgIpc) is 2.77. The van der Waals surface area contributed by atoms with Gasteiger partial charge in [-0.3, -0.25) is 0 Å². The van der Waals surface area contributed by atoms with Crippen LogP contribution in [0.15, 0.2) is 29.0 Å². The molecule has 0 N–H and O–H groups in total. The molecule has 0 saturated carbocycles. The van der Waals surface area contributed by atoms with Gasteiger partial charge in [0.1, 0.15) is 11.6 Å². The lowest BCUT2D eigenvalue weighted by atomic mass is 10.1. The fraction of sp³-hybridized carbons (Fsp3) is 0.357. The second kappa shape index (κ2) is 6.44. The summed E-state index contributed by atoms with van der Waals surface area (Å²) in [5.74, 6) is 2.34. The number of halogens is 2. The van der Waals surface area contributed by atoms with Crippen molar-refractivity contribution >= 4 is 27.5 Å². The first kappa shape index (κ1) is 14.4. The van der Waals surface area contributed by atoms with Crippen molar-refractivity contribution in [1.29, 1.82) is 0 Å². The van der Waals surface area contributed by atoms with Crippen molar-refractivity contribution in [1.82, 2.24) is 9.55 Å². The van der Waals surface area contributed by atoms with Crippen LogP contribution in [0.2, 0.25) is 0 Å². The van der Waals surface area contributed by atoms with E-state index in [-0.39, 0.29) is 0 Å². The molecule has 19 heavy (non-hydrogen) atoms. The Labute approximate surface area is 126 Å². The zero-order chi connectivity index (χ0) is 13.8. The zero-order valence-electron chi connectivity index (χ0n) is 11.0. The minimum absolute atomic E-state index is 0.442. The molecule has 0 bridgehead atoms. The van der Waals surface area contributed by atoms with Gasteiger partial charge in [-0.1, -0.05) is 15.9 Å². The lowest BCUT2D eigenvalue weighted by Crippen LogP contribution is -2.08. The molecular formula is C14H16BrClN2O. The molecule has 5 heteroatoms. The molecule has 0 aliphatic carbocycles. The molecule has 0 aliphatic rings. The number of rotatable bonds is 5. The van der Waals surface area contributed by atoms with Gasteiger partial charge in [-0.2, -0.15) is 0 Å². The topological polar surface area (TPSA) is 27.1 Å². The summed E-state index contributed by atoms with van der Waals surface area (Å²) in [5, 5.41) is 0. The summed E-state index contributed by atoms with van der Waals surface area (Å²) in [6, 6.07) is 4.03. The van der Waals surface area contributed by atoms with Crippen molar-refractivity contribution in [3.63, 3.8) is 0 Å². The minimum atomic E-state index is 0.442. The quantitative estimate of drug-likeness (QED) is 0.771. The summed E-state index contributed by atoms with van der Waals surface area (Å²) in [7, 11) is 1.98. The van der Waals surface area contributed by atoms with Gasteiger partial charge in [0.2, 0.25) is 0 Å². The van der Waals surface area contributed by atoms with Gasteiger partial charge >= 0.3 is 0 Å². The average molecular weight is 344 g/mol. The summed E-state index contributed by atoms with van der Waals surface area (Å²) in [5.41, 5.74) is 2.10. The molecule has 1 aromatic heterocycles. The Bertz CT molecular complexity index is 569.